The number of aryl methyl sites for hydroxylation is 2. The van der Waals surface area contributed by atoms with E-state index < -0.39 is 12.2 Å². The topological polar surface area (TPSA) is 179 Å². The number of piperidine rings is 1. The monoisotopic (exact) mass is 1280 g/mol. The summed E-state index contributed by atoms with van der Waals surface area (Å²) in [6, 6.07) is 27.2. The third kappa shape index (κ3) is 10.4. The van der Waals surface area contributed by atoms with Crippen molar-refractivity contribution in [3.05, 3.63) is 187 Å². The second-order valence-electron chi connectivity index (χ2n) is 30.0. The Bertz CT molecular complexity index is 4220. The van der Waals surface area contributed by atoms with Crippen LogP contribution in [0.25, 0.3) is 22.7 Å². The summed E-state index contributed by atoms with van der Waals surface area (Å²) in [6.07, 6.45) is 26.5. The van der Waals surface area contributed by atoms with Crippen LogP contribution in [0.4, 0.5) is 0 Å². The Labute approximate surface area is 558 Å². The smallest absolute Gasteiger partial charge is 0.168 e. The zero-order valence-corrected chi connectivity index (χ0v) is 55.1. The molecule has 13 nitrogen and oxygen atoms in total. The van der Waals surface area contributed by atoms with Crippen LogP contribution in [0.3, 0.4) is 0 Å². The van der Waals surface area contributed by atoms with Gasteiger partial charge in [0.1, 0.15) is 42.4 Å². The fourth-order valence-electron chi connectivity index (χ4n) is 20.6. The zero-order chi connectivity index (χ0) is 64.3. The van der Waals surface area contributed by atoms with Gasteiger partial charge < -0.3 is 59.7 Å². The number of methoxy groups -OCH3 is 1. The lowest BCUT2D eigenvalue weighted by molar-refractivity contribution is -0.247. The Hall–Kier alpha value is -7.12. The van der Waals surface area contributed by atoms with Gasteiger partial charge in [-0.15, -0.1) is 0 Å². The van der Waals surface area contributed by atoms with E-state index >= 15 is 0 Å². The minimum Gasteiger partial charge on any atom is -0.508 e. The summed E-state index contributed by atoms with van der Waals surface area (Å²) in [5.74, 6) is 11.0. The van der Waals surface area contributed by atoms with Crippen molar-refractivity contribution in [2.45, 2.75) is 184 Å². The largest absolute Gasteiger partial charge is 0.508 e. The maximum absolute atomic E-state index is 12.9. The number of phenols is 3. The molecule has 13 aliphatic rings. The Morgan fingerprint density at radius 1 is 0.842 bits per heavy atom. The van der Waals surface area contributed by atoms with Gasteiger partial charge in [0.25, 0.3) is 0 Å². The number of fused-ring (bicyclic) bond motifs is 6. The second kappa shape index (κ2) is 24.8. The van der Waals surface area contributed by atoms with Crippen LogP contribution in [-0.2, 0) is 64.9 Å². The Morgan fingerprint density at radius 2 is 1.75 bits per heavy atom. The van der Waals surface area contributed by atoms with Gasteiger partial charge in [-0.3, -0.25) is 5.32 Å². The number of hydrogen-bond acceptors (Lipinski definition) is 12. The minimum atomic E-state index is -0.807. The molecule has 8 N–H and O–H groups in total. The molecule has 4 fully saturated rings. The molecule has 1 aromatic heterocycles. The average Bonchev–Trinajstić information content (AvgIpc) is 0.958. The number of aliphatic hydroxyl groups is 2. The second-order valence-corrected chi connectivity index (χ2v) is 30.0. The zero-order valence-electron chi connectivity index (χ0n) is 55.1. The van der Waals surface area contributed by atoms with Gasteiger partial charge in [0.05, 0.1) is 31.0 Å². The molecule has 14 atom stereocenters. The number of dihydropyridines is 1. The number of aromatic hydroxyl groups is 3. The lowest BCUT2D eigenvalue weighted by Gasteiger charge is -2.69. The summed E-state index contributed by atoms with van der Waals surface area (Å²) in [5, 5.41) is 71.7. The third-order valence-electron chi connectivity index (χ3n) is 24.9. The fourth-order valence-corrected chi connectivity index (χ4v) is 20.6. The number of rotatable bonds is 12. The molecule has 494 valence electrons. The molecule has 14 unspecified atom stereocenters. The van der Waals surface area contributed by atoms with E-state index in [2.05, 4.69) is 100 Å². The predicted molar refractivity (Wildman–Crippen MR) is 368 cm³/mol. The summed E-state index contributed by atoms with van der Waals surface area (Å²) in [5.41, 5.74) is 15.9. The molecule has 7 aliphatic heterocycles. The van der Waals surface area contributed by atoms with Crippen molar-refractivity contribution in [1.82, 2.24) is 20.5 Å². The fraction of sp³-hybridized carbons (Fsp3) is 0.488. The number of phenolic OH excluding ortho intramolecular Hbond substituents is 3. The van der Waals surface area contributed by atoms with Gasteiger partial charge in [0.15, 0.2) is 11.5 Å². The van der Waals surface area contributed by atoms with Crippen LogP contribution >= 0.6 is 0 Å². The highest BCUT2D eigenvalue weighted by atomic mass is 16.5. The molecule has 6 aliphatic carbocycles. The van der Waals surface area contributed by atoms with Crippen molar-refractivity contribution in [1.29, 1.82) is 0 Å². The van der Waals surface area contributed by atoms with Gasteiger partial charge in [-0.05, 0) is 218 Å². The van der Waals surface area contributed by atoms with Crippen LogP contribution < -0.4 is 20.7 Å². The van der Waals surface area contributed by atoms with Crippen molar-refractivity contribution < 1.29 is 44.5 Å². The molecule has 5 aromatic carbocycles. The number of aliphatic hydroxyl groups excluding tert-OH is 2. The summed E-state index contributed by atoms with van der Waals surface area (Å²) in [7, 11) is 1.78. The summed E-state index contributed by atoms with van der Waals surface area (Å²) < 4.78 is 31.3. The summed E-state index contributed by atoms with van der Waals surface area (Å²) >= 11 is 0. The van der Waals surface area contributed by atoms with Crippen molar-refractivity contribution in [3.63, 3.8) is 0 Å². The molecular formula is C82H92N4O9. The molecule has 6 aromatic rings. The molecule has 19 rings (SSSR count). The van der Waals surface area contributed by atoms with Crippen LogP contribution in [0.1, 0.15) is 158 Å². The summed E-state index contributed by atoms with van der Waals surface area (Å²) in [4.78, 5) is 0. The highest BCUT2D eigenvalue weighted by molar-refractivity contribution is 5.89. The number of aromatic nitrogens is 1. The van der Waals surface area contributed by atoms with Gasteiger partial charge in [0.2, 0.25) is 0 Å². The molecule has 2 saturated heterocycles. The Balaban J connectivity index is 0.881. The van der Waals surface area contributed by atoms with Crippen molar-refractivity contribution in [3.8, 4) is 34.8 Å². The molecule has 0 radical (unpaired) electrons. The van der Waals surface area contributed by atoms with Crippen LogP contribution in [0, 0.1) is 53.3 Å². The highest BCUT2D eigenvalue weighted by Crippen LogP contribution is 2.69. The number of benzene rings is 5. The molecular weight excluding hydrogens is 1180 g/mol. The number of hydrogen-bond donors (Lipinski definition) is 8. The lowest BCUT2D eigenvalue weighted by atomic mass is 9.39. The van der Waals surface area contributed by atoms with Gasteiger partial charge in [0, 0.05) is 95.5 Å². The van der Waals surface area contributed by atoms with E-state index in [0.717, 1.165) is 145 Å². The van der Waals surface area contributed by atoms with Crippen molar-refractivity contribution in [2.75, 3.05) is 26.8 Å². The first-order valence-electron chi connectivity index (χ1n) is 36.1. The van der Waals surface area contributed by atoms with Crippen LogP contribution in [0.5, 0.6) is 23.0 Å². The molecule has 8 heterocycles. The minimum absolute atomic E-state index is 0.0108. The lowest BCUT2D eigenvalue weighted by Crippen LogP contribution is -2.70. The van der Waals surface area contributed by atoms with E-state index in [4.69, 9.17) is 18.9 Å². The van der Waals surface area contributed by atoms with Crippen molar-refractivity contribution in [2.24, 2.45) is 41.4 Å². The van der Waals surface area contributed by atoms with Gasteiger partial charge in [-0.1, -0.05) is 98.4 Å². The van der Waals surface area contributed by atoms with E-state index in [9.17, 15) is 25.5 Å². The van der Waals surface area contributed by atoms with Crippen LogP contribution in [0.15, 0.2) is 126 Å². The molecule has 0 amide bonds. The highest BCUT2D eigenvalue weighted by Gasteiger charge is 2.69. The Morgan fingerprint density at radius 3 is 2.63 bits per heavy atom. The standard InChI is InChI=1S/C82H92N4O9/c1-3-30-83-41-56-34-52-18-15-47(13-14-48-17-27-69(89)55(31-48)32-49-8-6-12-63(88)33-49)16-24-64-66-26-28-73(92-2)84-79(66)85-80-74(64)76(56)95-72(52)40-70(90)51-21-25-65-67(38-51)58(44-87)39-71(91)77(65)93-45-59-37-62(36-57-42-86(80)43-68(57)59)82-61-23-19-50-9-7-10-53(75(50)82)35-54-20-22-60-11-4-5-29-81(60,78(54)82)94-46-61/h6-10,12,17,21,25,27,31,33-34,36-37,39,42-43,47,51-52,54,60-61,70,72-73,76,78-79,83-85,87-91H,3-5,11,13-15,18-20,22-23,26,28-30,32,35,38,40-41,44-46H2,1-2H3. The molecule has 1 spiro atoms. The predicted octanol–water partition coefficient (Wildman–Crippen LogP) is 12.9. The van der Waals surface area contributed by atoms with E-state index in [1.54, 1.807) is 36.9 Å². The number of ether oxygens (including phenoxy) is 4. The molecule has 10 bridgehead atoms. The molecule has 13 heteroatoms. The van der Waals surface area contributed by atoms with E-state index in [-0.39, 0.29) is 83.6 Å². The first kappa shape index (κ1) is 61.5. The van der Waals surface area contributed by atoms with Crippen LogP contribution in [0.2, 0.25) is 0 Å². The SMILES string of the molecule is CCCNCC1=CC2CCC(CCc3ccc(O)c(Cc4cccc(O)c4)c3)C#CC3=C4CCC(OC)NC4NC4=C3C1OC2CC(O)C1C=Cc2c(c(CO)cc(O)c2OCc2cc(C35c6c7cccc6CC6CCC8CCCCC8(OCC3CC7)C65)cc3cn4cc23)C1. The first-order chi connectivity index (χ1) is 46.5. The number of nitrogens with one attached hydrogen (secondary N) is 3. The third-order valence-corrected chi connectivity index (χ3v) is 24.9. The van der Waals surface area contributed by atoms with Crippen LogP contribution in [-0.4, -0.2) is 93.2 Å². The number of nitrogens with zero attached hydrogens (tertiary/aromatic N) is 1. The summed E-state index contributed by atoms with van der Waals surface area (Å²) in [6.45, 7) is 4.35. The van der Waals surface area contributed by atoms with E-state index in [1.807, 2.05) is 24.3 Å². The normalized spacial score (nSPS) is 31.6. The van der Waals surface area contributed by atoms with E-state index in [1.165, 1.54) is 59.9 Å². The van der Waals surface area contributed by atoms with Gasteiger partial charge in [-0.2, -0.15) is 0 Å². The van der Waals surface area contributed by atoms with Gasteiger partial charge >= 0.3 is 0 Å². The average molecular weight is 1280 g/mol. The Kier molecular flexibility index (Phi) is 16.0. The maximum atomic E-state index is 12.9. The maximum Gasteiger partial charge on any atom is 0.168 e. The van der Waals surface area contributed by atoms with Crippen molar-refractivity contribution >= 4 is 22.7 Å². The molecule has 95 heavy (non-hydrogen) atoms. The van der Waals surface area contributed by atoms with E-state index in [0.29, 0.717) is 54.9 Å². The van der Waals surface area contributed by atoms with Gasteiger partial charge in [-0.25, -0.2) is 0 Å². The molecule has 2 saturated carbocycles. The quantitative estimate of drug-likeness (QED) is 0.0331. The first-order valence-corrected chi connectivity index (χ1v) is 36.1.